The van der Waals surface area contributed by atoms with E-state index in [4.69, 9.17) is 10.5 Å². The van der Waals surface area contributed by atoms with Gasteiger partial charge in [-0.1, -0.05) is 12.1 Å². The average Bonchev–Trinajstić information content (AvgIpc) is 2.46. The molecule has 0 bridgehead atoms. The molecular formula is C15H20N4O2. The van der Waals surface area contributed by atoms with Gasteiger partial charge in [0.2, 0.25) is 5.75 Å². The quantitative estimate of drug-likeness (QED) is 0.819. The zero-order chi connectivity index (χ0) is 15.4. The summed E-state index contributed by atoms with van der Waals surface area (Å²) >= 11 is 0. The topological polar surface area (TPSA) is 84.2 Å². The SMILES string of the molecule is COc1c(N(Cc2ccc(N)cc2)C(C)C)nc[nH]c1=O. The number of H-pyrrole nitrogens is 1. The molecule has 1 heterocycles. The number of nitrogen functional groups attached to an aromatic ring is 1. The minimum atomic E-state index is -0.287. The smallest absolute Gasteiger partial charge is 0.295 e. The highest BCUT2D eigenvalue weighted by Crippen LogP contribution is 2.24. The molecule has 0 atom stereocenters. The number of nitrogens with zero attached hydrogens (tertiary/aromatic N) is 2. The summed E-state index contributed by atoms with van der Waals surface area (Å²) in [6.07, 6.45) is 1.39. The number of rotatable bonds is 5. The minimum Gasteiger partial charge on any atom is -0.489 e. The molecule has 2 rings (SSSR count). The van der Waals surface area contributed by atoms with Crippen LogP contribution in [0.1, 0.15) is 19.4 Å². The fourth-order valence-corrected chi connectivity index (χ4v) is 2.09. The third-order valence-electron chi connectivity index (χ3n) is 3.22. The van der Waals surface area contributed by atoms with Crippen LogP contribution >= 0.6 is 0 Å². The molecule has 0 fully saturated rings. The summed E-state index contributed by atoms with van der Waals surface area (Å²) in [6, 6.07) is 7.80. The Kier molecular flexibility index (Phi) is 4.47. The first-order chi connectivity index (χ1) is 10.0. The summed E-state index contributed by atoms with van der Waals surface area (Å²) in [5.74, 6) is 0.759. The van der Waals surface area contributed by atoms with Crippen LogP contribution in [0, 0.1) is 0 Å². The molecule has 6 nitrogen and oxygen atoms in total. The molecule has 0 unspecified atom stereocenters. The molecule has 0 saturated carbocycles. The third kappa shape index (κ3) is 3.34. The van der Waals surface area contributed by atoms with E-state index in [9.17, 15) is 4.79 Å². The maximum absolute atomic E-state index is 11.8. The highest BCUT2D eigenvalue weighted by Gasteiger charge is 2.19. The number of aromatic nitrogens is 2. The van der Waals surface area contributed by atoms with Gasteiger partial charge in [0.15, 0.2) is 5.82 Å². The number of nitrogens with two attached hydrogens (primary N) is 1. The first kappa shape index (κ1) is 14.9. The number of nitrogens with one attached hydrogen (secondary N) is 1. The number of hydrogen-bond acceptors (Lipinski definition) is 5. The van der Waals surface area contributed by atoms with E-state index in [1.165, 1.54) is 13.4 Å². The van der Waals surface area contributed by atoms with E-state index >= 15 is 0 Å². The highest BCUT2D eigenvalue weighted by atomic mass is 16.5. The Hall–Kier alpha value is -2.50. The Morgan fingerprint density at radius 3 is 2.57 bits per heavy atom. The van der Waals surface area contributed by atoms with Gasteiger partial charge in [-0.3, -0.25) is 4.79 Å². The lowest BCUT2D eigenvalue weighted by Gasteiger charge is -2.28. The van der Waals surface area contributed by atoms with Gasteiger partial charge in [0.1, 0.15) is 0 Å². The summed E-state index contributed by atoms with van der Waals surface area (Å²) in [5, 5.41) is 0. The Balaban J connectivity index is 2.38. The lowest BCUT2D eigenvalue weighted by atomic mass is 10.1. The molecule has 0 aliphatic carbocycles. The highest BCUT2D eigenvalue weighted by molar-refractivity contribution is 5.52. The van der Waals surface area contributed by atoms with Gasteiger partial charge in [-0.15, -0.1) is 0 Å². The van der Waals surface area contributed by atoms with Crippen molar-refractivity contribution < 1.29 is 4.74 Å². The van der Waals surface area contributed by atoms with Crippen molar-refractivity contribution in [1.29, 1.82) is 0 Å². The molecule has 112 valence electrons. The second-order valence-electron chi connectivity index (χ2n) is 5.05. The summed E-state index contributed by atoms with van der Waals surface area (Å²) in [5.41, 5.74) is 7.22. The van der Waals surface area contributed by atoms with Gasteiger partial charge in [0.05, 0.1) is 13.4 Å². The third-order valence-corrected chi connectivity index (χ3v) is 3.22. The van der Waals surface area contributed by atoms with Gasteiger partial charge in [-0.05, 0) is 31.5 Å². The first-order valence-corrected chi connectivity index (χ1v) is 6.75. The largest absolute Gasteiger partial charge is 0.489 e. The van der Waals surface area contributed by atoms with E-state index in [0.717, 1.165) is 11.3 Å². The predicted molar refractivity (Wildman–Crippen MR) is 83.6 cm³/mol. The molecule has 0 saturated heterocycles. The molecule has 21 heavy (non-hydrogen) atoms. The molecule has 0 spiro atoms. The van der Waals surface area contributed by atoms with E-state index in [-0.39, 0.29) is 17.4 Å². The molecule has 0 aliphatic rings. The summed E-state index contributed by atoms with van der Waals surface area (Å²) in [4.78, 5) is 20.6. The molecule has 1 aromatic heterocycles. The van der Waals surface area contributed by atoms with Crippen molar-refractivity contribution in [3.05, 3.63) is 46.5 Å². The van der Waals surface area contributed by atoms with Crippen LogP contribution in [0.3, 0.4) is 0 Å². The van der Waals surface area contributed by atoms with Crippen LogP contribution in [0.25, 0.3) is 0 Å². The zero-order valence-corrected chi connectivity index (χ0v) is 12.5. The molecule has 0 amide bonds. The van der Waals surface area contributed by atoms with Crippen molar-refractivity contribution in [2.75, 3.05) is 17.7 Å². The fraction of sp³-hybridized carbons (Fsp3) is 0.333. The molecule has 6 heteroatoms. The van der Waals surface area contributed by atoms with Gasteiger partial charge in [-0.2, -0.15) is 0 Å². The van der Waals surface area contributed by atoms with Crippen molar-refractivity contribution >= 4 is 11.5 Å². The van der Waals surface area contributed by atoms with Crippen LogP contribution in [-0.2, 0) is 6.54 Å². The van der Waals surface area contributed by atoms with Gasteiger partial charge in [0, 0.05) is 18.3 Å². The van der Waals surface area contributed by atoms with E-state index in [1.54, 1.807) is 0 Å². The second-order valence-corrected chi connectivity index (χ2v) is 5.05. The maximum Gasteiger partial charge on any atom is 0.295 e. The Labute approximate surface area is 123 Å². The molecule has 1 aromatic carbocycles. The number of anilines is 2. The van der Waals surface area contributed by atoms with Gasteiger partial charge in [-0.25, -0.2) is 4.98 Å². The number of aromatic amines is 1. The normalized spacial score (nSPS) is 10.7. The standard InChI is InChI=1S/C15H20N4O2/c1-10(2)19(8-11-4-6-12(16)7-5-11)14-13(21-3)15(20)18-9-17-14/h4-7,9-10H,8,16H2,1-3H3,(H,17,18,20). The molecule has 3 N–H and O–H groups in total. The van der Waals surface area contributed by atoms with Crippen molar-refractivity contribution in [1.82, 2.24) is 9.97 Å². The minimum absolute atomic E-state index is 0.158. The number of ether oxygens (including phenoxy) is 1. The van der Waals surface area contributed by atoms with Gasteiger partial charge in [0.25, 0.3) is 5.56 Å². The number of hydrogen-bond donors (Lipinski definition) is 2. The van der Waals surface area contributed by atoms with Crippen molar-refractivity contribution in [3.63, 3.8) is 0 Å². The van der Waals surface area contributed by atoms with Crippen LogP contribution in [-0.4, -0.2) is 23.1 Å². The van der Waals surface area contributed by atoms with Gasteiger partial charge >= 0.3 is 0 Å². The van der Waals surface area contributed by atoms with Crippen LogP contribution in [0.4, 0.5) is 11.5 Å². The van der Waals surface area contributed by atoms with Gasteiger partial charge < -0.3 is 20.4 Å². The van der Waals surface area contributed by atoms with Crippen LogP contribution in [0.2, 0.25) is 0 Å². The van der Waals surface area contributed by atoms with Crippen LogP contribution in [0.15, 0.2) is 35.4 Å². The second kappa shape index (κ2) is 6.30. The van der Waals surface area contributed by atoms with E-state index in [1.807, 2.05) is 43.0 Å². The lowest BCUT2D eigenvalue weighted by molar-refractivity contribution is 0.404. The van der Waals surface area contributed by atoms with E-state index in [0.29, 0.717) is 12.4 Å². The number of methoxy groups -OCH3 is 1. The Bertz CT molecular complexity index is 649. The van der Waals surface area contributed by atoms with E-state index in [2.05, 4.69) is 9.97 Å². The maximum atomic E-state index is 11.8. The van der Waals surface area contributed by atoms with E-state index < -0.39 is 0 Å². The predicted octanol–water partition coefficient (Wildman–Crippen LogP) is 1.78. The zero-order valence-electron chi connectivity index (χ0n) is 12.5. The molecular weight excluding hydrogens is 268 g/mol. The summed E-state index contributed by atoms with van der Waals surface area (Å²) in [7, 11) is 1.47. The molecule has 0 radical (unpaired) electrons. The monoisotopic (exact) mass is 288 g/mol. The van der Waals surface area contributed by atoms with Crippen LogP contribution < -0.4 is 20.9 Å². The van der Waals surface area contributed by atoms with Crippen molar-refractivity contribution in [3.8, 4) is 5.75 Å². The first-order valence-electron chi connectivity index (χ1n) is 6.75. The van der Waals surface area contributed by atoms with Crippen LogP contribution in [0.5, 0.6) is 5.75 Å². The fourth-order valence-electron chi connectivity index (χ4n) is 2.09. The molecule has 2 aromatic rings. The Morgan fingerprint density at radius 2 is 2.00 bits per heavy atom. The van der Waals surface area contributed by atoms with Crippen molar-refractivity contribution in [2.24, 2.45) is 0 Å². The Morgan fingerprint density at radius 1 is 1.33 bits per heavy atom. The number of benzene rings is 1. The summed E-state index contributed by atoms with van der Waals surface area (Å²) in [6.45, 7) is 4.70. The summed E-state index contributed by atoms with van der Waals surface area (Å²) < 4.78 is 5.20. The van der Waals surface area contributed by atoms with Crippen molar-refractivity contribution in [2.45, 2.75) is 26.4 Å². The average molecular weight is 288 g/mol. The molecule has 0 aliphatic heterocycles. The lowest BCUT2D eigenvalue weighted by Crippen LogP contribution is -2.32.